The summed E-state index contributed by atoms with van der Waals surface area (Å²) in [7, 11) is 0. The Morgan fingerprint density at radius 3 is 2.44 bits per heavy atom. The van der Waals surface area contributed by atoms with Crippen molar-refractivity contribution in [2.45, 2.75) is 19.9 Å². The fourth-order valence-corrected chi connectivity index (χ4v) is 0.718. The highest BCUT2D eigenvalue weighted by molar-refractivity contribution is 5.06. The van der Waals surface area contributed by atoms with Crippen LogP contribution in [-0.4, -0.2) is 0 Å². The van der Waals surface area contributed by atoms with Gasteiger partial charge in [-0.1, -0.05) is 0 Å². The molecule has 2 nitrogen and oxygen atoms in total. The van der Waals surface area contributed by atoms with Crippen molar-refractivity contribution in [1.29, 1.82) is 0 Å². The van der Waals surface area contributed by atoms with Gasteiger partial charge in [-0.05, 0) is 26.0 Å². The van der Waals surface area contributed by atoms with Gasteiger partial charge < -0.3 is 10.2 Å². The smallest absolute Gasteiger partial charge is 0.161 e. The third kappa shape index (κ3) is 1.33. The molecule has 0 aliphatic carbocycles. The molecule has 0 bridgehead atoms. The lowest BCUT2D eigenvalue weighted by Gasteiger charge is -1.93. The van der Waals surface area contributed by atoms with E-state index >= 15 is 0 Å². The van der Waals surface area contributed by atoms with E-state index in [0.717, 1.165) is 11.5 Å². The first-order valence-electron chi connectivity index (χ1n) is 3.09. The normalized spacial score (nSPS) is 13.7. The predicted molar refractivity (Wildman–Crippen MR) is 34.7 cm³/mol. The summed E-state index contributed by atoms with van der Waals surface area (Å²) in [6.07, 6.45) is 0. The van der Waals surface area contributed by atoms with Gasteiger partial charge >= 0.3 is 0 Å². The number of aryl methyl sites for hydroxylation is 1. The maximum absolute atomic E-state index is 5.28. The summed E-state index contributed by atoms with van der Waals surface area (Å²) >= 11 is 0. The van der Waals surface area contributed by atoms with Crippen LogP contribution in [0.1, 0.15) is 24.5 Å². The highest BCUT2D eigenvalue weighted by Gasteiger charge is 2.04. The minimum Gasteiger partial charge on any atom is -0.460 e. The fraction of sp³-hybridized carbons (Fsp3) is 0.429. The van der Waals surface area contributed by atoms with Crippen LogP contribution in [0.5, 0.6) is 0 Å². The van der Waals surface area contributed by atoms with Gasteiger partial charge in [0.15, 0.2) is 5.76 Å². The van der Waals surface area contributed by atoms with Crippen molar-refractivity contribution in [3.63, 3.8) is 0 Å². The molecule has 0 fully saturated rings. The molecule has 0 aromatic carbocycles. The molecule has 1 atom stereocenters. The molecule has 50 valence electrons. The van der Waals surface area contributed by atoms with Crippen LogP contribution in [0.25, 0.3) is 0 Å². The van der Waals surface area contributed by atoms with Gasteiger partial charge in [-0.25, -0.2) is 0 Å². The molecule has 0 unspecified atom stereocenters. The van der Waals surface area contributed by atoms with E-state index in [1.807, 2.05) is 26.0 Å². The van der Waals surface area contributed by atoms with E-state index in [-0.39, 0.29) is 6.04 Å². The molecule has 2 heteroatoms. The van der Waals surface area contributed by atoms with Crippen molar-refractivity contribution in [2.24, 2.45) is 0 Å². The van der Waals surface area contributed by atoms with Gasteiger partial charge in [-0.2, -0.15) is 0 Å². The van der Waals surface area contributed by atoms with E-state index in [4.69, 9.17) is 4.42 Å². The van der Waals surface area contributed by atoms with Crippen LogP contribution in [0, 0.1) is 6.92 Å². The van der Waals surface area contributed by atoms with Gasteiger partial charge in [-0.3, -0.25) is 0 Å². The summed E-state index contributed by atoms with van der Waals surface area (Å²) in [4.78, 5) is 0. The molecule has 1 rings (SSSR count). The van der Waals surface area contributed by atoms with Gasteiger partial charge in [0, 0.05) is 0 Å². The van der Waals surface area contributed by atoms with E-state index in [9.17, 15) is 0 Å². The number of hydrogen-bond acceptors (Lipinski definition) is 1. The van der Waals surface area contributed by atoms with Crippen molar-refractivity contribution in [3.05, 3.63) is 23.7 Å². The first kappa shape index (κ1) is 6.36. The van der Waals surface area contributed by atoms with Gasteiger partial charge in [0.1, 0.15) is 11.8 Å². The number of furan rings is 1. The molecule has 0 aliphatic heterocycles. The molecular weight excluding hydrogens is 114 g/mol. The third-order valence-electron chi connectivity index (χ3n) is 1.25. The lowest BCUT2D eigenvalue weighted by molar-refractivity contribution is -0.424. The Kier molecular flexibility index (Phi) is 1.58. The third-order valence-corrected chi connectivity index (χ3v) is 1.25. The lowest BCUT2D eigenvalue weighted by atomic mass is 10.3. The Labute approximate surface area is 54.7 Å². The zero-order valence-corrected chi connectivity index (χ0v) is 5.85. The molecule has 0 radical (unpaired) electrons. The number of quaternary nitrogens is 1. The lowest BCUT2D eigenvalue weighted by Crippen LogP contribution is -2.51. The summed E-state index contributed by atoms with van der Waals surface area (Å²) in [5, 5.41) is 0. The van der Waals surface area contributed by atoms with Crippen LogP contribution in [-0.2, 0) is 0 Å². The maximum atomic E-state index is 5.28. The molecule has 0 amide bonds. The van der Waals surface area contributed by atoms with Crippen LogP contribution in [0.4, 0.5) is 0 Å². The molecule has 0 saturated carbocycles. The van der Waals surface area contributed by atoms with Crippen LogP contribution in [0.15, 0.2) is 16.5 Å². The summed E-state index contributed by atoms with van der Waals surface area (Å²) < 4.78 is 5.28. The molecule has 1 aromatic heterocycles. The number of hydrogen-bond donors (Lipinski definition) is 1. The Bertz CT molecular complexity index is 191. The van der Waals surface area contributed by atoms with Gasteiger partial charge in [0.05, 0.1) is 0 Å². The molecule has 9 heavy (non-hydrogen) atoms. The van der Waals surface area contributed by atoms with Crippen molar-refractivity contribution >= 4 is 0 Å². The zero-order chi connectivity index (χ0) is 6.85. The second kappa shape index (κ2) is 2.23. The van der Waals surface area contributed by atoms with Crippen molar-refractivity contribution < 1.29 is 10.2 Å². The van der Waals surface area contributed by atoms with Gasteiger partial charge in [0.25, 0.3) is 0 Å². The second-order valence-electron chi connectivity index (χ2n) is 2.35. The van der Waals surface area contributed by atoms with Gasteiger partial charge in [-0.15, -0.1) is 0 Å². The Hall–Kier alpha value is -0.760. The molecule has 0 saturated heterocycles. The zero-order valence-electron chi connectivity index (χ0n) is 5.85. The first-order valence-corrected chi connectivity index (χ1v) is 3.09. The Morgan fingerprint density at radius 2 is 2.22 bits per heavy atom. The monoisotopic (exact) mass is 126 g/mol. The van der Waals surface area contributed by atoms with Crippen LogP contribution in [0.3, 0.4) is 0 Å². The molecule has 1 heterocycles. The van der Waals surface area contributed by atoms with Crippen molar-refractivity contribution in [3.8, 4) is 0 Å². The Morgan fingerprint density at radius 1 is 1.56 bits per heavy atom. The number of rotatable bonds is 1. The van der Waals surface area contributed by atoms with E-state index in [0.29, 0.717) is 0 Å². The van der Waals surface area contributed by atoms with E-state index in [2.05, 4.69) is 5.73 Å². The van der Waals surface area contributed by atoms with E-state index < -0.39 is 0 Å². The molecule has 0 aliphatic rings. The summed E-state index contributed by atoms with van der Waals surface area (Å²) in [5.74, 6) is 1.92. The van der Waals surface area contributed by atoms with Crippen LogP contribution < -0.4 is 5.73 Å². The van der Waals surface area contributed by atoms with E-state index in [1.54, 1.807) is 0 Å². The average Bonchev–Trinajstić information content (AvgIpc) is 2.14. The first-order chi connectivity index (χ1) is 4.20. The van der Waals surface area contributed by atoms with Crippen molar-refractivity contribution in [2.75, 3.05) is 0 Å². The predicted octanol–water partition coefficient (Wildman–Crippen LogP) is 0.891. The SMILES string of the molecule is Cc1ccc([C@@H](C)[NH3+])o1. The fourth-order valence-electron chi connectivity index (χ4n) is 0.718. The van der Waals surface area contributed by atoms with Gasteiger partial charge in [0.2, 0.25) is 0 Å². The van der Waals surface area contributed by atoms with Crippen LogP contribution in [0.2, 0.25) is 0 Å². The molecule has 3 N–H and O–H groups in total. The van der Waals surface area contributed by atoms with Crippen LogP contribution >= 0.6 is 0 Å². The summed E-state index contributed by atoms with van der Waals surface area (Å²) in [6.45, 7) is 3.95. The summed E-state index contributed by atoms with van der Waals surface area (Å²) in [6, 6.07) is 4.18. The molecular formula is C7H12NO+. The van der Waals surface area contributed by atoms with Crippen molar-refractivity contribution in [1.82, 2.24) is 0 Å². The Balaban J connectivity index is 2.85. The molecule has 0 spiro atoms. The minimum absolute atomic E-state index is 0.263. The van der Waals surface area contributed by atoms with E-state index in [1.165, 1.54) is 0 Å². The minimum atomic E-state index is 0.263. The quantitative estimate of drug-likeness (QED) is 0.596. The largest absolute Gasteiger partial charge is 0.460 e. The summed E-state index contributed by atoms with van der Waals surface area (Å²) in [5.41, 5.74) is 3.83. The molecule has 1 aromatic rings. The second-order valence-corrected chi connectivity index (χ2v) is 2.35. The topological polar surface area (TPSA) is 40.8 Å². The highest BCUT2D eigenvalue weighted by Crippen LogP contribution is 2.10. The maximum Gasteiger partial charge on any atom is 0.161 e. The standard InChI is InChI=1S/C7H11NO/c1-5-3-4-7(9-5)6(2)8/h3-4,6H,8H2,1-2H3/p+1/t6-/m1/s1. The average molecular weight is 126 g/mol. The highest BCUT2D eigenvalue weighted by atomic mass is 16.3.